The first-order valence-corrected chi connectivity index (χ1v) is 6.62. The fourth-order valence-corrected chi connectivity index (χ4v) is 1.89. The quantitative estimate of drug-likeness (QED) is 0.922. The van der Waals surface area contributed by atoms with Gasteiger partial charge in [0, 0.05) is 12.1 Å². The summed E-state index contributed by atoms with van der Waals surface area (Å²) in [4.78, 5) is 0. The third-order valence-corrected chi connectivity index (χ3v) is 3.11. The van der Waals surface area contributed by atoms with E-state index in [2.05, 4.69) is 18.9 Å². The molecule has 1 aromatic carbocycles. The minimum atomic E-state index is -0.0461. The first kappa shape index (κ1) is 13.9. The zero-order valence-electron chi connectivity index (χ0n) is 11.3. The third kappa shape index (κ3) is 3.28. The van der Waals surface area contributed by atoms with Gasteiger partial charge in [0.25, 0.3) is 0 Å². The van der Waals surface area contributed by atoms with Crippen LogP contribution in [-0.4, -0.2) is 9.78 Å². The first-order valence-electron chi connectivity index (χ1n) is 6.24. The lowest BCUT2D eigenvalue weighted by atomic mass is 10.1. The van der Waals surface area contributed by atoms with Crippen molar-refractivity contribution in [2.45, 2.75) is 32.9 Å². The summed E-state index contributed by atoms with van der Waals surface area (Å²) < 4.78 is 7.55. The van der Waals surface area contributed by atoms with Crippen LogP contribution in [0.2, 0.25) is 5.02 Å². The number of aromatic nitrogens is 2. The van der Waals surface area contributed by atoms with Crippen molar-refractivity contribution in [2.24, 2.45) is 5.73 Å². The largest absolute Gasteiger partial charge is 0.452 e. The molecule has 0 fully saturated rings. The van der Waals surface area contributed by atoms with Crippen LogP contribution >= 0.6 is 11.6 Å². The van der Waals surface area contributed by atoms with Crippen molar-refractivity contribution in [3.63, 3.8) is 0 Å². The topological polar surface area (TPSA) is 53.1 Å². The molecule has 1 aromatic heterocycles. The molecule has 0 aliphatic rings. The molecular formula is C14H18ClN3O. The van der Waals surface area contributed by atoms with Crippen LogP contribution in [0.15, 0.2) is 30.6 Å². The second-order valence-electron chi connectivity index (χ2n) is 4.83. The molecule has 2 N–H and O–H groups in total. The Morgan fingerprint density at radius 3 is 2.58 bits per heavy atom. The molecule has 0 aliphatic heterocycles. The number of rotatable bonds is 4. The van der Waals surface area contributed by atoms with Crippen LogP contribution < -0.4 is 10.5 Å². The van der Waals surface area contributed by atoms with Crippen LogP contribution in [0, 0.1) is 0 Å². The lowest BCUT2D eigenvalue weighted by molar-refractivity contribution is 0.477. The average Bonchev–Trinajstić information content (AvgIpc) is 2.80. The molecule has 0 aliphatic carbocycles. The second kappa shape index (κ2) is 5.63. The summed E-state index contributed by atoms with van der Waals surface area (Å²) in [5.74, 6) is 1.28. The lowest BCUT2D eigenvalue weighted by Gasteiger charge is -2.10. The average molecular weight is 280 g/mol. The number of ether oxygens (including phenoxy) is 1. The molecule has 0 saturated heterocycles. The summed E-state index contributed by atoms with van der Waals surface area (Å²) in [6.45, 7) is 6.03. The summed E-state index contributed by atoms with van der Waals surface area (Å²) in [7, 11) is 0. The van der Waals surface area contributed by atoms with E-state index in [0.29, 0.717) is 22.6 Å². The number of benzene rings is 1. The van der Waals surface area contributed by atoms with Crippen LogP contribution in [0.4, 0.5) is 0 Å². The summed E-state index contributed by atoms with van der Waals surface area (Å²) in [5, 5.41) is 4.76. The van der Waals surface area contributed by atoms with Gasteiger partial charge in [0.15, 0.2) is 5.75 Å². The van der Waals surface area contributed by atoms with Gasteiger partial charge in [-0.1, -0.05) is 17.7 Å². The normalized spacial score (nSPS) is 12.7. The maximum absolute atomic E-state index is 6.18. The van der Waals surface area contributed by atoms with Crippen molar-refractivity contribution in [3.05, 3.63) is 41.2 Å². The highest BCUT2D eigenvalue weighted by molar-refractivity contribution is 6.32. The van der Waals surface area contributed by atoms with Crippen molar-refractivity contribution in [1.82, 2.24) is 9.78 Å². The molecule has 19 heavy (non-hydrogen) atoms. The second-order valence-corrected chi connectivity index (χ2v) is 5.24. The van der Waals surface area contributed by atoms with Gasteiger partial charge in [0.1, 0.15) is 5.75 Å². The van der Waals surface area contributed by atoms with Gasteiger partial charge in [-0.05, 0) is 38.5 Å². The van der Waals surface area contributed by atoms with E-state index in [9.17, 15) is 0 Å². The molecule has 1 unspecified atom stereocenters. The molecular weight excluding hydrogens is 262 g/mol. The SMILES string of the molecule is CC(N)c1ccc(Oc2cnn(C(C)C)c2)c(Cl)c1. The Morgan fingerprint density at radius 1 is 1.32 bits per heavy atom. The molecule has 2 aromatic rings. The van der Waals surface area contributed by atoms with E-state index in [1.807, 2.05) is 36.0 Å². The van der Waals surface area contributed by atoms with Crippen LogP contribution in [0.5, 0.6) is 11.5 Å². The van der Waals surface area contributed by atoms with Crippen LogP contribution in [0.1, 0.15) is 38.4 Å². The van der Waals surface area contributed by atoms with E-state index in [0.717, 1.165) is 5.56 Å². The van der Waals surface area contributed by atoms with E-state index in [1.165, 1.54) is 0 Å². The predicted molar refractivity (Wildman–Crippen MR) is 76.7 cm³/mol. The monoisotopic (exact) mass is 279 g/mol. The molecule has 1 atom stereocenters. The Balaban J connectivity index is 2.18. The van der Waals surface area contributed by atoms with Crippen molar-refractivity contribution >= 4 is 11.6 Å². The molecule has 0 bridgehead atoms. The van der Waals surface area contributed by atoms with Gasteiger partial charge in [-0.25, -0.2) is 0 Å². The van der Waals surface area contributed by atoms with Gasteiger partial charge in [-0.3, -0.25) is 4.68 Å². The Bertz CT molecular complexity index is 564. The first-order chi connectivity index (χ1) is 8.97. The molecule has 2 rings (SSSR count). The molecule has 5 heteroatoms. The summed E-state index contributed by atoms with van der Waals surface area (Å²) in [6, 6.07) is 5.82. The van der Waals surface area contributed by atoms with Gasteiger partial charge in [-0.2, -0.15) is 5.10 Å². The number of halogens is 1. The number of nitrogens with two attached hydrogens (primary N) is 1. The van der Waals surface area contributed by atoms with Gasteiger partial charge in [-0.15, -0.1) is 0 Å². The molecule has 0 amide bonds. The van der Waals surface area contributed by atoms with E-state index < -0.39 is 0 Å². The minimum Gasteiger partial charge on any atom is -0.452 e. The van der Waals surface area contributed by atoms with Crippen molar-refractivity contribution in [1.29, 1.82) is 0 Å². The maximum Gasteiger partial charge on any atom is 0.165 e. The fourth-order valence-electron chi connectivity index (χ4n) is 1.67. The standard InChI is InChI=1S/C14H18ClN3O/c1-9(2)18-8-12(7-17-18)19-14-5-4-11(10(3)16)6-13(14)15/h4-10H,16H2,1-3H3. The maximum atomic E-state index is 6.18. The van der Waals surface area contributed by atoms with E-state index >= 15 is 0 Å². The predicted octanol–water partition coefficient (Wildman–Crippen LogP) is 3.93. The van der Waals surface area contributed by atoms with Crippen LogP contribution in [0.25, 0.3) is 0 Å². The van der Waals surface area contributed by atoms with E-state index in [-0.39, 0.29) is 6.04 Å². The zero-order valence-corrected chi connectivity index (χ0v) is 12.1. The molecule has 102 valence electrons. The third-order valence-electron chi connectivity index (χ3n) is 2.82. The summed E-state index contributed by atoms with van der Waals surface area (Å²) in [5.41, 5.74) is 6.79. The number of hydrogen-bond donors (Lipinski definition) is 1. The minimum absolute atomic E-state index is 0.0461. The van der Waals surface area contributed by atoms with Crippen LogP contribution in [0.3, 0.4) is 0 Å². The van der Waals surface area contributed by atoms with Crippen molar-refractivity contribution in [2.75, 3.05) is 0 Å². The number of hydrogen-bond acceptors (Lipinski definition) is 3. The van der Waals surface area contributed by atoms with Gasteiger partial charge in [0.2, 0.25) is 0 Å². The van der Waals surface area contributed by atoms with Gasteiger partial charge >= 0.3 is 0 Å². The van der Waals surface area contributed by atoms with Crippen LogP contribution in [-0.2, 0) is 0 Å². The van der Waals surface area contributed by atoms with Gasteiger partial charge in [0.05, 0.1) is 17.4 Å². The Morgan fingerprint density at radius 2 is 2.05 bits per heavy atom. The Hall–Kier alpha value is -1.52. The molecule has 0 spiro atoms. The smallest absolute Gasteiger partial charge is 0.165 e. The molecule has 1 heterocycles. The lowest BCUT2D eigenvalue weighted by Crippen LogP contribution is -2.04. The highest BCUT2D eigenvalue weighted by Crippen LogP contribution is 2.31. The molecule has 4 nitrogen and oxygen atoms in total. The zero-order chi connectivity index (χ0) is 14.0. The Kier molecular flexibility index (Phi) is 4.12. The van der Waals surface area contributed by atoms with Crippen molar-refractivity contribution in [3.8, 4) is 11.5 Å². The summed E-state index contributed by atoms with van der Waals surface area (Å²) >= 11 is 6.18. The van der Waals surface area contributed by atoms with Crippen molar-refractivity contribution < 1.29 is 4.74 Å². The number of nitrogens with zero attached hydrogens (tertiary/aromatic N) is 2. The highest BCUT2D eigenvalue weighted by Gasteiger charge is 2.09. The fraction of sp³-hybridized carbons (Fsp3) is 0.357. The highest BCUT2D eigenvalue weighted by atomic mass is 35.5. The molecule has 0 radical (unpaired) electrons. The van der Waals surface area contributed by atoms with E-state index in [1.54, 1.807) is 6.20 Å². The van der Waals surface area contributed by atoms with Gasteiger partial charge < -0.3 is 10.5 Å². The van der Waals surface area contributed by atoms with E-state index in [4.69, 9.17) is 22.1 Å². The molecule has 0 saturated carbocycles. The Labute approximate surface area is 118 Å². The summed E-state index contributed by atoms with van der Waals surface area (Å²) in [6.07, 6.45) is 3.52.